The first kappa shape index (κ1) is 18.6. The molecule has 0 heterocycles. The van der Waals surface area contributed by atoms with Crippen LogP contribution in [-0.4, -0.2) is 17.4 Å². The summed E-state index contributed by atoms with van der Waals surface area (Å²) in [4.78, 5) is 25.0. The fourth-order valence-corrected chi connectivity index (χ4v) is 2.79. The van der Waals surface area contributed by atoms with Gasteiger partial charge in [-0.05, 0) is 61.4 Å². The molecule has 2 N–H and O–H groups in total. The van der Waals surface area contributed by atoms with Crippen LogP contribution in [0.3, 0.4) is 0 Å². The van der Waals surface area contributed by atoms with E-state index >= 15 is 0 Å². The number of rotatable bonds is 5. The van der Waals surface area contributed by atoms with Crippen molar-refractivity contribution in [1.82, 2.24) is 5.32 Å². The molecular formula is C23H24N2O2. The highest BCUT2D eigenvalue weighted by atomic mass is 16.2. The minimum atomic E-state index is -0.252. The predicted molar refractivity (Wildman–Crippen MR) is 110 cm³/mol. The lowest BCUT2D eigenvalue weighted by molar-refractivity contribution is 0.0911. The van der Waals surface area contributed by atoms with Crippen molar-refractivity contribution < 1.29 is 9.59 Å². The molecule has 0 saturated carbocycles. The Morgan fingerprint density at radius 3 is 2.22 bits per heavy atom. The molecule has 0 aliphatic heterocycles. The van der Waals surface area contributed by atoms with E-state index in [1.807, 2.05) is 63.2 Å². The van der Waals surface area contributed by atoms with Crippen molar-refractivity contribution in [2.24, 2.45) is 0 Å². The molecule has 3 aromatic carbocycles. The molecule has 0 aliphatic rings. The van der Waals surface area contributed by atoms with Crippen LogP contribution in [0.15, 0.2) is 66.7 Å². The van der Waals surface area contributed by atoms with Crippen molar-refractivity contribution in [2.45, 2.75) is 32.7 Å². The average Bonchev–Trinajstić information content (AvgIpc) is 2.67. The van der Waals surface area contributed by atoms with Crippen LogP contribution in [0.4, 0.5) is 5.69 Å². The molecule has 3 rings (SSSR count). The van der Waals surface area contributed by atoms with E-state index < -0.39 is 0 Å². The Bertz CT molecular complexity index is 970. The number of amides is 2. The van der Waals surface area contributed by atoms with E-state index in [0.29, 0.717) is 16.8 Å². The van der Waals surface area contributed by atoms with Crippen LogP contribution in [0.5, 0.6) is 0 Å². The molecule has 2 amide bonds. The summed E-state index contributed by atoms with van der Waals surface area (Å²) in [6.07, 6.45) is 0.845. The van der Waals surface area contributed by atoms with Gasteiger partial charge < -0.3 is 10.6 Å². The second-order valence-corrected chi connectivity index (χ2v) is 7.25. The van der Waals surface area contributed by atoms with Gasteiger partial charge in [-0.3, -0.25) is 9.59 Å². The molecule has 0 bridgehead atoms. The summed E-state index contributed by atoms with van der Waals surface area (Å²) in [5.74, 6) is -0.287. The number of carbonyl (C=O) groups is 2. The molecule has 0 spiro atoms. The molecule has 0 atom stereocenters. The van der Waals surface area contributed by atoms with Crippen LogP contribution in [0.2, 0.25) is 0 Å². The second kappa shape index (κ2) is 7.62. The summed E-state index contributed by atoms with van der Waals surface area (Å²) in [7, 11) is 0. The Morgan fingerprint density at radius 1 is 0.852 bits per heavy atom. The zero-order valence-electron chi connectivity index (χ0n) is 15.9. The van der Waals surface area contributed by atoms with Crippen molar-refractivity contribution in [1.29, 1.82) is 0 Å². The third-order valence-electron chi connectivity index (χ3n) is 4.78. The maximum absolute atomic E-state index is 12.7. The Hall–Kier alpha value is -3.14. The Labute approximate surface area is 159 Å². The van der Waals surface area contributed by atoms with Gasteiger partial charge >= 0.3 is 0 Å². The van der Waals surface area contributed by atoms with Crippen molar-refractivity contribution >= 4 is 28.3 Å². The van der Waals surface area contributed by atoms with Crippen LogP contribution in [0, 0.1) is 0 Å². The van der Waals surface area contributed by atoms with Gasteiger partial charge in [0.15, 0.2) is 0 Å². The van der Waals surface area contributed by atoms with Crippen LogP contribution >= 0.6 is 0 Å². The first-order valence-corrected chi connectivity index (χ1v) is 9.11. The van der Waals surface area contributed by atoms with Crippen LogP contribution < -0.4 is 10.6 Å². The molecule has 0 radical (unpaired) electrons. The van der Waals surface area contributed by atoms with Gasteiger partial charge in [-0.25, -0.2) is 0 Å². The Kier molecular flexibility index (Phi) is 5.26. The minimum Gasteiger partial charge on any atom is -0.347 e. The summed E-state index contributed by atoms with van der Waals surface area (Å²) in [5.41, 5.74) is 1.59. The number of hydrogen-bond acceptors (Lipinski definition) is 2. The minimum absolute atomic E-state index is 0.117. The summed E-state index contributed by atoms with van der Waals surface area (Å²) in [6.45, 7) is 6.01. The van der Waals surface area contributed by atoms with E-state index in [0.717, 1.165) is 17.2 Å². The van der Waals surface area contributed by atoms with E-state index in [2.05, 4.69) is 10.6 Å². The van der Waals surface area contributed by atoms with Crippen molar-refractivity contribution in [3.8, 4) is 0 Å². The molecule has 0 saturated heterocycles. The van der Waals surface area contributed by atoms with Crippen LogP contribution in [-0.2, 0) is 0 Å². The first-order chi connectivity index (χ1) is 12.9. The summed E-state index contributed by atoms with van der Waals surface area (Å²) in [5, 5.41) is 7.84. The molecule has 138 valence electrons. The average molecular weight is 360 g/mol. The van der Waals surface area contributed by atoms with Gasteiger partial charge in [-0.15, -0.1) is 0 Å². The van der Waals surface area contributed by atoms with E-state index in [9.17, 15) is 9.59 Å². The van der Waals surface area contributed by atoms with Gasteiger partial charge in [-0.2, -0.15) is 0 Å². The highest BCUT2D eigenvalue weighted by molar-refractivity contribution is 6.13. The lowest BCUT2D eigenvalue weighted by atomic mass is 10.0. The maximum Gasteiger partial charge on any atom is 0.256 e. The van der Waals surface area contributed by atoms with Crippen molar-refractivity contribution in [3.63, 3.8) is 0 Å². The lowest BCUT2D eigenvalue weighted by Gasteiger charge is -2.24. The highest BCUT2D eigenvalue weighted by Crippen LogP contribution is 2.20. The second-order valence-electron chi connectivity index (χ2n) is 7.25. The zero-order chi connectivity index (χ0) is 19.4. The molecule has 0 fully saturated rings. The highest BCUT2D eigenvalue weighted by Gasteiger charge is 2.18. The smallest absolute Gasteiger partial charge is 0.256 e. The third kappa shape index (κ3) is 4.34. The normalized spacial score (nSPS) is 11.2. The standard InChI is InChI=1S/C23H24N2O2/c1-4-23(2,3)25-21(26)17-12-14-18(15-13-17)24-22(27)20-11-7-9-16-8-5-6-10-19(16)20/h5-15H,4H2,1-3H3,(H,24,27)(H,25,26). The summed E-state index contributed by atoms with van der Waals surface area (Å²) in [6, 6.07) is 20.4. The number of anilines is 1. The molecule has 0 unspecified atom stereocenters. The van der Waals surface area contributed by atoms with E-state index in [4.69, 9.17) is 0 Å². The quantitative estimate of drug-likeness (QED) is 0.672. The van der Waals surface area contributed by atoms with Gasteiger partial charge in [0.25, 0.3) is 11.8 Å². The fraction of sp³-hybridized carbons (Fsp3) is 0.217. The Balaban J connectivity index is 1.74. The number of benzene rings is 3. The molecule has 4 heteroatoms. The van der Waals surface area contributed by atoms with Crippen LogP contribution in [0.1, 0.15) is 47.9 Å². The van der Waals surface area contributed by atoms with Gasteiger partial charge in [0, 0.05) is 22.4 Å². The number of fused-ring (bicyclic) bond motifs is 1. The Morgan fingerprint density at radius 2 is 1.52 bits per heavy atom. The molecule has 0 aliphatic carbocycles. The number of hydrogen-bond donors (Lipinski definition) is 2. The summed E-state index contributed by atoms with van der Waals surface area (Å²) < 4.78 is 0. The molecule has 27 heavy (non-hydrogen) atoms. The molecule has 4 nitrogen and oxygen atoms in total. The zero-order valence-corrected chi connectivity index (χ0v) is 15.9. The third-order valence-corrected chi connectivity index (χ3v) is 4.78. The largest absolute Gasteiger partial charge is 0.347 e. The monoisotopic (exact) mass is 360 g/mol. The number of nitrogens with one attached hydrogen (secondary N) is 2. The predicted octanol–water partition coefficient (Wildman–Crippen LogP) is 5.01. The van der Waals surface area contributed by atoms with Gasteiger partial charge in [-0.1, -0.05) is 43.3 Å². The number of carbonyl (C=O) groups excluding carboxylic acids is 2. The SMILES string of the molecule is CCC(C)(C)NC(=O)c1ccc(NC(=O)c2cccc3ccccc23)cc1. The van der Waals surface area contributed by atoms with E-state index in [1.54, 1.807) is 24.3 Å². The molecule has 3 aromatic rings. The van der Waals surface area contributed by atoms with Gasteiger partial charge in [0.2, 0.25) is 0 Å². The molecule has 0 aromatic heterocycles. The molecular weight excluding hydrogens is 336 g/mol. The van der Waals surface area contributed by atoms with Gasteiger partial charge in [0.05, 0.1) is 0 Å². The van der Waals surface area contributed by atoms with E-state index in [1.165, 1.54) is 0 Å². The van der Waals surface area contributed by atoms with E-state index in [-0.39, 0.29) is 17.4 Å². The summed E-state index contributed by atoms with van der Waals surface area (Å²) >= 11 is 0. The first-order valence-electron chi connectivity index (χ1n) is 9.11. The van der Waals surface area contributed by atoms with Crippen molar-refractivity contribution in [3.05, 3.63) is 77.9 Å². The fourth-order valence-electron chi connectivity index (χ4n) is 2.79. The van der Waals surface area contributed by atoms with Gasteiger partial charge in [0.1, 0.15) is 0 Å². The maximum atomic E-state index is 12.7. The van der Waals surface area contributed by atoms with Crippen molar-refractivity contribution in [2.75, 3.05) is 5.32 Å². The lowest BCUT2D eigenvalue weighted by Crippen LogP contribution is -2.42. The topological polar surface area (TPSA) is 58.2 Å². The van der Waals surface area contributed by atoms with Crippen LogP contribution in [0.25, 0.3) is 10.8 Å².